The average molecular weight is 236 g/mol. The molecule has 1 fully saturated rings. The molecule has 1 aliphatic rings. The molecule has 6 heteroatoms. The van der Waals surface area contributed by atoms with E-state index >= 15 is 0 Å². The highest BCUT2D eigenvalue weighted by molar-refractivity contribution is 7.89. The van der Waals surface area contributed by atoms with Crippen molar-refractivity contribution < 1.29 is 13.2 Å². The molecule has 5 nitrogen and oxygen atoms in total. The van der Waals surface area contributed by atoms with Crippen LogP contribution in [0.5, 0.6) is 0 Å². The zero-order chi connectivity index (χ0) is 11.3. The molecule has 0 radical (unpaired) electrons. The van der Waals surface area contributed by atoms with Crippen LogP contribution in [0.2, 0.25) is 0 Å². The van der Waals surface area contributed by atoms with Gasteiger partial charge >= 0.3 is 0 Å². The van der Waals surface area contributed by atoms with Crippen LogP contribution in [0.3, 0.4) is 0 Å². The van der Waals surface area contributed by atoms with Crippen LogP contribution in [-0.4, -0.2) is 51.9 Å². The lowest BCUT2D eigenvalue weighted by Gasteiger charge is -2.34. The van der Waals surface area contributed by atoms with E-state index in [1.165, 1.54) is 6.42 Å². The number of nitrogens with two attached hydrogens (primary N) is 1. The molecule has 1 rings (SSSR count). The molecule has 15 heavy (non-hydrogen) atoms. The van der Waals surface area contributed by atoms with Crippen molar-refractivity contribution in [2.45, 2.75) is 25.3 Å². The van der Waals surface area contributed by atoms with E-state index in [1.807, 2.05) is 0 Å². The average Bonchev–Trinajstić information content (AvgIpc) is 2.16. The number of likely N-dealkylation sites (tertiary alicyclic amines) is 1. The number of nitrogens with zero attached hydrogens (tertiary/aromatic N) is 1. The Hall–Kier alpha value is -0.170. The van der Waals surface area contributed by atoms with Gasteiger partial charge in [0.05, 0.1) is 12.4 Å². The molecule has 1 saturated heterocycles. The first-order valence-corrected chi connectivity index (χ1v) is 6.98. The third-order valence-electron chi connectivity index (χ3n) is 2.77. The highest BCUT2D eigenvalue weighted by Gasteiger charge is 2.22. The molecule has 0 spiro atoms. The lowest BCUT2D eigenvalue weighted by Crippen LogP contribution is -2.44. The second-order valence-electron chi connectivity index (χ2n) is 4.01. The van der Waals surface area contributed by atoms with E-state index in [0.717, 1.165) is 19.4 Å². The smallest absolute Gasteiger partial charge is 0.210 e. The van der Waals surface area contributed by atoms with Crippen LogP contribution in [0.15, 0.2) is 0 Å². The van der Waals surface area contributed by atoms with Crippen molar-refractivity contribution in [1.82, 2.24) is 4.90 Å². The van der Waals surface area contributed by atoms with Gasteiger partial charge in [0.2, 0.25) is 10.0 Å². The van der Waals surface area contributed by atoms with E-state index in [0.29, 0.717) is 19.2 Å². The minimum absolute atomic E-state index is 0.0349. The Kier molecular flexibility index (Phi) is 4.98. The fourth-order valence-corrected chi connectivity index (χ4v) is 2.47. The van der Waals surface area contributed by atoms with Gasteiger partial charge < -0.3 is 4.74 Å². The van der Waals surface area contributed by atoms with Crippen molar-refractivity contribution in [3.63, 3.8) is 0 Å². The number of ether oxygens (including phenoxy) is 1. The molecule has 90 valence electrons. The Labute approximate surface area is 91.6 Å². The molecule has 1 unspecified atom stereocenters. The van der Waals surface area contributed by atoms with Crippen LogP contribution in [0.1, 0.15) is 19.3 Å². The van der Waals surface area contributed by atoms with E-state index in [-0.39, 0.29) is 5.75 Å². The van der Waals surface area contributed by atoms with E-state index < -0.39 is 10.0 Å². The molecule has 0 aromatic carbocycles. The summed E-state index contributed by atoms with van der Waals surface area (Å²) in [5.74, 6) is 0.0349. The zero-order valence-corrected chi connectivity index (χ0v) is 10.0. The quantitative estimate of drug-likeness (QED) is 0.716. The topological polar surface area (TPSA) is 72.6 Å². The molecule has 0 aromatic heterocycles. The molecule has 0 bridgehead atoms. The van der Waals surface area contributed by atoms with Crippen LogP contribution in [0, 0.1) is 0 Å². The van der Waals surface area contributed by atoms with Crippen LogP contribution < -0.4 is 5.14 Å². The predicted octanol–water partition coefficient (Wildman–Crippen LogP) is -0.224. The molecule has 2 N–H and O–H groups in total. The summed E-state index contributed by atoms with van der Waals surface area (Å²) >= 11 is 0. The SMILES string of the molecule is COCC1CCCCN1CCS(N)(=O)=O. The van der Waals surface area contributed by atoms with E-state index in [9.17, 15) is 8.42 Å². The maximum Gasteiger partial charge on any atom is 0.210 e. The summed E-state index contributed by atoms with van der Waals surface area (Å²) in [6.45, 7) is 2.14. The number of piperidine rings is 1. The summed E-state index contributed by atoms with van der Waals surface area (Å²) in [5.41, 5.74) is 0. The van der Waals surface area contributed by atoms with Crippen LogP contribution in [-0.2, 0) is 14.8 Å². The van der Waals surface area contributed by atoms with Crippen molar-refractivity contribution in [2.75, 3.05) is 32.6 Å². The monoisotopic (exact) mass is 236 g/mol. The highest BCUT2D eigenvalue weighted by Crippen LogP contribution is 2.16. The fourth-order valence-electron chi connectivity index (χ4n) is 1.98. The molecule has 1 aliphatic heterocycles. The third-order valence-corrected chi connectivity index (χ3v) is 3.52. The summed E-state index contributed by atoms with van der Waals surface area (Å²) in [4.78, 5) is 2.16. The number of hydrogen-bond donors (Lipinski definition) is 1. The lowest BCUT2D eigenvalue weighted by molar-refractivity contribution is 0.0692. The lowest BCUT2D eigenvalue weighted by atomic mass is 10.0. The van der Waals surface area contributed by atoms with Crippen LogP contribution in [0.4, 0.5) is 0 Å². The van der Waals surface area contributed by atoms with Crippen molar-refractivity contribution in [3.05, 3.63) is 0 Å². The largest absolute Gasteiger partial charge is 0.383 e. The summed E-state index contributed by atoms with van der Waals surface area (Å²) < 4.78 is 26.8. The molecule has 0 amide bonds. The Morgan fingerprint density at radius 2 is 2.20 bits per heavy atom. The van der Waals surface area contributed by atoms with Crippen molar-refractivity contribution in [3.8, 4) is 0 Å². The molecular formula is C9H20N2O3S. The molecule has 1 atom stereocenters. The van der Waals surface area contributed by atoms with Gasteiger partial charge in [0.25, 0.3) is 0 Å². The van der Waals surface area contributed by atoms with Crippen molar-refractivity contribution >= 4 is 10.0 Å². The van der Waals surface area contributed by atoms with Gasteiger partial charge in [-0.3, -0.25) is 4.90 Å². The first-order chi connectivity index (χ1) is 7.03. The maximum atomic E-state index is 10.9. The Balaban J connectivity index is 2.42. The number of methoxy groups -OCH3 is 1. The molecule has 0 aliphatic carbocycles. The normalized spacial score (nSPS) is 24.3. The zero-order valence-electron chi connectivity index (χ0n) is 9.18. The minimum Gasteiger partial charge on any atom is -0.383 e. The Morgan fingerprint density at radius 3 is 2.80 bits per heavy atom. The van der Waals surface area contributed by atoms with Gasteiger partial charge in [-0.05, 0) is 19.4 Å². The van der Waals surface area contributed by atoms with Crippen LogP contribution in [0.25, 0.3) is 0 Å². The van der Waals surface area contributed by atoms with Gasteiger partial charge in [-0.1, -0.05) is 6.42 Å². The van der Waals surface area contributed by atoms with Gasteiger partial charge in [0.15, 0.2) is 0 Å². The second kappa shape index (κ2) is 5.79. The van der Waals surface area contributed by atoms with Gasteiger partial charge in [0.1, 0.15) is 0 Å². The van der Waals surface area contributed by atoms with Gasteiger partial charge in [-0.2, -0.15) is 0 Å². The third kappa shape index (κ3) is 4.92. The first-order valence-electron chi connectivity index (χ1n) is 5.26. The summed E-state index contributed by atoms with van der Waals surface area (Å²) in [5, 5.41) is 4.99. The molecule has 0 saturated carbocycles. The molecule has 1 heterocycles. The van der Waals surface area contributed by atoms with Gasteiger partial charge in [0, 0.05) is 19.7 Å². The predicted molar refractivity (Wildman–Crippen MR) is 59.1 cm³/mol. The van der Waals surface area contributed by atoms with E-state index in [2.05, 4.69) is 4.90 Å². The number of hydrogen-bond acceptors (Lipinski definition) is 4. The summed E-state index contributed by atoms with van der Waals surface area (Å²) in [6.07, 6.45) is 3.41. The minimum atomic E-state index is -3.34. The maximum absolute atomic E-state index is 10.9. The van der Waals surface area contributed by atoms with Crippen molar-refractivity contribution in [1.29, 1.82) is 0 Å². The van der Waals surface area contributed by atoms with Gasteiger partial charge in [-0.15, -0.1) is 0 Å². The summed E-state index contributed by atoms with van der Waals surface area (Å²) in [6, 6.07) is 0.352. The Bertz CT molecular complexity index is 277. The number of sulfonamides is 1. The first kappa shape index (κ1) is 12.9. The standard InChI is InChI=1S/C9H20N2O3S/c1-14-8-9-4-2-3-5-11(9)6-7-15(10,12)13/h9H,2-8H2,1H3,(H2,10,12,13). The number of primary sulfonamides is 1. The highest BCUT2D eigenvalue weighted by atomic mass is 32.2. The second-order valence-corrected chi connectivity index (χ2v) is 5.74. The summed E-state index contributed by atoms with van der Waals surface area (Å²) in [7, 11) is -1.67. The fraction of sp³-hybridized carbons (Fsp3) is 1.00. The van der Waals surface area contributed by atoms with E-state index in [1.54, 1.807) is 7.11 Å². The molecular weight excluding hydrogens is 216 g/mol. The molecule has 0 aromatic rings. The Morgan fingerprint density at radius 1 is 1.47 bits per heavy atom. The van der Waals surface area contributed by atoms with Crippen molar-refractivity contribution in [2.24, 2.45) is 5.14 Å². The van der Waals surface area contributed by atoms with E-state index in [4.69, 9.17) is 9.88 Å². The number of rotatable bonds is 5. The van der Waals surface area contributed by atoms with Crippen LogP contribution >= 0.6 is 0 Å². The van der Waals surface area contributed by atoms with Gasteiger partial charge in [-0.25, -0.2) is 13.6 Å².